The van der Waals surface area contributed by atoms with E-state index in [1.165, 1.54) is 0 Å². The van der Waals surface area contributed by atoms with E-state index in [1.807, 2.05) is 0 Å². The number of benzene rings is 2. The van der Waals surface area contributed by atoms with Crippen LogP contribution in [0.1, 0.15) is 5.56 Å². The Morgan fingerprint density at radius 1 is 1.33 bits per heavy atom. The molecule has 24 heavy (non-hydrogen) atoms. The summed E-state index contributed by atoms with van der Waals surface area (Å²) in [5.41, 5.74) is 1.40. The third kappa shape index (κ3) is 3.28. The van der Waals surface area contributed by atoms with E-state index in [4.69, 9.17) is 21.1 Å². The lowest BCUT2D eigenvalue weighted by atomic mass is 9.94. The summed E-state index contributed by atoms with van der Waals surface area (Å²) in [5.74, 6) is 0.0840. The molecule has 2 aromatic carbocycles. The Balaban J connectivity index is 1.83. The minimum absolute atomic E-state index is 0.0425. The van der Waals surface area contributed by atoms with Gasteiger partial charge in [-0.1, -0.05) is 16.8 Å². The van der Waals surface area contributed by atoms with Crippen LogP contribution in [0.3, 0.4) is 0 Å². The number of hydrogen-bond acceptors (Lipinski definition) is 5. The summed E-state index contributed by atoms with van der Waals surface area (Å²) in [6, 6.07) is 12.0. The Hall–Kier alpha value is -2.73. The van der Waals surface area contributed by atoms with E-state index in [0.29, 0.717) is 28.6 Å². The van der Waals surface area contributed by atoms with Gasteiger partial charge in [0.1, 0.15) is 17.4 Å². The van der Waals surface area contributed by atoms with Crippen LogP contribution in [0.2, 0.25) is 5.02 Å². The number of ether oxygens (including phenoxy) is 2. The summed E-state index contributed by atoms with van der Waals surface area (Å²) in [7, 11) is 1.57. The first kappa shape index (κ1) is 16.1. The molecule has 1 heterocycles. The standard InChI is InChI=1S/C17H15ClN2O4/c1-23-13-6-7-15-10(8-13)9-14(17(20-22)24-15)16(21)19-12-4-2-11(18)3-5-12/h2-8,14,22H,9H2,1H3,(H,19,21)/b20-17+/t14-/m1/s1. The highest BCUT2D eigenvalue weighted by Crippen LogP contribution is 2.32. The highest BCUT2D eigenvalue weighted by Gasteiger charge is 2.33. The van der Waals surface area contributed by atoms with E-state index >= 15 is 0 Å². The predicted molar refractivity (Wildman–Crippen MR) is 90.1 cm³/mol. The first-order valence-electron chi connectivity index (χ1n) is 7.24. The highest BCUT2D eigenvalue weighted by atomic mass is 35.5. The molecule has 1 aliphatic rings. The van der Waals surface area contributed by atoms with Crippen molar-refractivity contribution in [3.05, 3.63) is 53.1 Å². The third-order valence-corrected chi connectivity index (χ3v) is 3.98. The maximum atomic E-state index is 12.5. The van der Waals surface area contributed by atoms with E-state index in [9.17, 15) is 10.0 Å². The number of nitrogens with zero attached hydrogens (tertiary/aromatic N) is 1. The zero-order valence-electron chi connectivity index (χ0n) is 12.8. The molecule has 0 saturated carbocycles. The van der Waals surface area contributed by atoms with E-state index < -0.39 is 5.92 Å². The van der Waals surface area contributed by atoms with Gasteiger partial charge >= 0.3 is 0 Å². The molecule has 0 bridgehead atoms. The highest BCUT2D eigenvalue weighted by molar-refractivity contribution is 6.30. The van der Waals surface area contributed by atoms with Gasteiger partial charge in [-0.3, -0.25) is 4.79 Å². The topological polar surface area (TPSA) is 80.2 Å². The van der Waals surface area contributed by atoms with Crippen molar-refractivity contribution in [1.82, 2.24) is 0 Å². The minimum atomic E-state index is -0.745. The second-order valence-corrected chi connectivity index (χ2v) is 5.70. The molecule has 0 spiro atoms. The Labute approximate surface area is 143 Å². The van der Waals surface area contributed by atoms with Crippen LogP contribution in [0.4, 0.5) is 5.69 Å². The van der Waals surface area contributed by atoms with E-state index in [0.717, 1.165) is 5.56 Å². The van der Waals surface area contributed by atoms with Crippen molar-refractivity contribution < 1.29 is 19.5 Å². The average molecular weight is 347 g/mol. The van der Waals surface area contributed by atoms with Gasteiger partial charge in [-0.25, -0.2) is 0 Å². The van der Waals surface area contributed by atoms with Gasteiger partial charge in [0.15, 0.2) is 0 Å². The summed E-state index contributed by atoms with van der Waals surface area (Å²) < 4.78 is 10.7. The summed E-state index contributed by atoms with van der Waals surface area (Å²) >= 11 is 5.83. The molecule has 1 aliphatic heterocycles. The Morgan fingerprint density at radius 2 is 2.08 bits per heavy atom. The summed E-state index contributed by atoms with van der Waals surface area (Å²) in [6.07, 6.45) is 0.339. The predicted octanol–water partition coefficient (Wildman–Crippen LogP) is 3.33. The van der Waals surface area contributed by atoms with Crippen molar-refractivity contribution in [2.24, 2.45) is 11.1 Å². The van der Waals surface area contributed by atoms with Crippen molar-refractivity contribution in [2.75, 3.05) is 12.4 Å². The molecule has 7 heteroatoms. The maximum absolute atomic E-state index is 12.5. The zero-order valence-corrected chi connectivity index (χ0v) is 13.6. The number of rotatable bonds is 3. The smallest absolute Gasteiger partial charge is 0.243 e. The summed E-state index contributed by atoms with van der Waals surface area (Å²) in [5, 5.41) is 15.6. The molecule has 0 unspecified atom stereocenters. The number of fused-ring (bicyclic) bond motifs is 1. The number of anilines is 1. The summed E-state index contributed by atoms with van der Waals surface area (Å²) in [4.78, 5) is 12.5. The number of carbonyl (C=O) groups excluding carboxylic acids is 1. The van der Waals surface area contributed by atoms with Crippen LogP contribution >= 0.6 is 11.6 Å². The molecule has 0 aliphatic carbocycles. The van der Waals surface area contributed by atoms with E-state index in [1.54, 1.807) is 49.6 Å². The van der Waals surface area contributed by atoms with E-state index in [-0.39, 0.29) is 11.8 Å². The SMILES string of the molecule is COc1ccc2c(c1)C[C@H](C(=O)Nc1ccc(Cl)cc1)/C(=N\O)O2. The van der Waals surface area contributed by atoms with Crippen LogP contribution in [0, 0.1) is 5.92 Å². The normalized spacial score (nSPS) is 17.8. The molecule has 1 amide bonds. The van der Waals surface area contributed by atoms with Crippen LogP contribution in [0.25, 0.3) is 0 Å². The lowest BCUT2D eigenvalue weighted by Gasteiger charge is -2.25. The molecule has 0 radical (unpaired) electrons. The number of oxime groups is 1. The molecule has 0 saturated heterocycles. The molecule has 0 fully saturated rings. The van der Waals surface area contributed by atoms with Crippen LogP contribution in [0.5, 0.6) is 11.5 Å². The number of halogens is 1. The van der Waals surface area contributed by atoms with Crippen molar-refractivity contribution in [3.8, 4) is 11.5 Å². The lowest BCUT2D eigenvalue weighted by Crippen LogP contribution is -2.37. The number of amides is 1. The molecule has 1 atom stereocenters. The monoisotopic (exact) mass is 346 g/mol. The van der Waals surface area contributed by atoms with Crippen molar-refractivity contribution in [2.45, 2.75) is 6.42 Å². The molecule has 2 aromatic rings. The minimum Gasteiger partial charge on any atom is -0.497 e. The largest absolute Gasteiger partial charge is 0.497 e. The van der Waals surface area contributed by atoms with Crippen LogP contribution in [-0.2, 0) is 11.2 Å². The van der Waals surface area contributed by atoms with Crippen LogP contribution in [0.15, 0.2) is 47.6 Å². The van der Waals surface area contributed by atoms with Gasteiger partial charge in [-0.15, -0.1) is 0 Å². The molecule has 2 N–H and O–H groups in total. The van der Waals surface area contributed by atoms with Gasteiger partial charge < -0.3 is 20.0 Å². The van der Waals surface area contributed by atoms with Gasteiger partial charge in [-0.2, -0.15) is 0 Å². The van der Waals surface area contributed by atoms with Gasteiger partial charge in [0.25, 0.3) is 0 Å². The average Bonchev–Trinajstić information content (AvgIpc) is 2.61. The third-order valence-electron chi connectivity index (χ3n) is 3.73. The molecule has 124 valence electrons. The maximum Gasteiger partial charge on any atom is 0.243 e. The Bertz CT molecular complexity index is 790. The lowest BCUT2D eigenvalue weighted by molar-refractivity contribution is -0.118. The molecule has 6 nitrogen and oxygen atoms in total. The zero-order chi connectivity index (χ0) is 17.1. The molecular weight excluding hydrogens is 332 g/mol. The van der Waals surface area contributed by atoms with Gasteiger partial charge in [-0.05, 0) is 54.4 Å². The van der Waals surface area contributed by atoms with Gasteiger partial charge in [0.2, 0.25) is 11.8 Å². The van der Waals surface area contributed by atoms with Crippen LogP contribution in [-0.4, -0.2) is 24.1 Å². The first-order chi connectivity index (χ1) is 11.6. The van der Waals surface area contributed by atoms with Gasteiger partial charge in [0.05, 0.1) is 7.11 Å². The Kier molecular flexibility index (Phi) is 4.57. The second kappa shape index (κ2) is 6.80. The number of carbonyl (C=O) groups is 1. The molecule has 3 rings (SSSR count). The fourth-order valence-corrected chi connectivity index (χ4v) is 2.62. The van der Waals surface area contributed by atoms with Crippen molar-refractivity contribution in [3.63, 3.8) is 0 Å². The molecular formula is C17H15ClN2O4. The fraction of sp³-hybridized carbons (Fsp3) is 0.176. The van der Waals surface area contributed by atoms with Crippen LogP contribution < -0.4 is 14.8 Å². The summed E-state index contributed by atoms with van der Waals surface area (Å²) in [6.45, 7) is 0. The van der Waals surface area contributed by atoms with Gasteiger partial charge in [0, 0.05) is 10.7 Å². The number of nitrogens with one attached hydrogen (secondary N) is 1. The van der Waals surface area contributed by atoms with Crippen molar-refractivity contribution >= 4 is 29.1 Å². The fourth-order valence-electron chi connectivity index (χ4n) is 2.49. The van der Waals surface area contributed by atoms with Crippen molar-refractivity contribution in [1.29, 1.82) is 0 Å². The Morgan fingerprint density at radius 3 is 2.75 bits per heavy atom. The second-order valence-electron chi connectivity index (χ2n) is 5.27. The quantitative estimate of drug-likeness (QED) is 0.660. The van der Waals surface area contributed by atoms with E-state index in [2.05, 4.69) is 10.5 Å². The first-order valence-corrected chi connectivity index (χ1v) is 7.61. The number of methoxy groups -OCH3 is 1. The number of hydrogen-bond donors (Lipinski definition) is 2. The molecule has 0 aromatic heterocycles.